The maximum Gasteiger partial charge on any atom is 0.0995 e. The predicted molar refractivity (Wildman–Crippen MR) is 87.8 cm³/mol. The van der Waals surface area contributed by atoms with Crippen LogP contribution in [0.25, 0.3) is 0 Å². The summed E-state index contributed by atoms with van der Waals surface area (Å²) in [6.45, 7) is 6.44. The summed E-state index contributed by atoms with van der Waals surface area (Å²) in [5.74, 6) is 0. The number of rotatable bonds is 1. The minimum atomic E-state index is 0.0299. The van der Waals surface area contributed by atoms with Crippen LogP contribution in [0.1, 0.15) is 35.3 Å². The lowest BCUT2D eigenvalue weighted by Crippen LogP contribution is -2.31. The molecule has 0 aliphatic carbocycles. The standard InChI is InChI=1S/C19H20N2O/c1-14-6-3-4-9-19(14)21-10-11-22-15(2)17-8-5-7-16(12-20)18(17)13-21/h3-9,15H,10-11,13H2,1-2H3. The van der Waals surface area contributed by atoms with E-state index >= 15 is 0 Å². The highest BCUT2D eigenvalue weighted by Crippen LogP contribution is 2.30. The Morgan fingerprint density at radius 3 is 2.77 bits per heavy atom. The Morgan fingerprint density at radius 1 is 1.18 bits per heavy atom. The van der Waals surface area contributed by atoms with Gasteiger partial charge in [-0.25, -0.2) is 0 Å². The highest BCUT2D eigenvalue weighted by molar-refractivity contribution is 5.55. The van der Waals surface area contributed by atoms with Crippen molar-refractivity contribution in [2.75, 3.05) is 18.1 Å². The summed E-state index contributed by atoms with van der Waals surface area (Å²) >= 11 is 0. The minimum absolute atomic E-state index is 0.0299. The normalized spacial score (nSPS) is 18.0. The number of anilines is 1. The van der Waals surface area contributed by atoms with Gasteiger partial charge < -0.3 is 9.64 Å². The Labute approximate surface area is 131 Å². The van der Waals surface area contributed by atoms with Crippen molar-refractivity contribution in [3.8, 4) is 6.07 Å². The van der Waals surface area contributed by atoms with Gasteiger partial charge in [-0.3, -0.25) is 0 Å². The lowest BCUT2D eigenvalue weighted by molar-refractivity contribution is 0.0672. The first-order valence-electron chi connectivity index (χ1n) is 7.64. The van der Waals surface area contributed by atoms with Gasteiger partial charge in [-0.1, -0.05) is 30.3 Å². The van der Waals surface area contributed by atoms with Crippen molar-refractivity contribution in [3.05, 3.63) is 64.7 Å². The van der Waals surface area contributed by atoms with Crippen molar-refractivity contribution in [2.45, 2.75) is 26.5 Å². The largest absolute Gasteiger partial charge is 0.372 e. The molecule has 0 saturated heterocycles. The van der Waals surface area contributed by atoms with Crippen molar-refractivity contribution in [3.63, 3.8) is 0 Å². The van der Waals surface area contributed by atoms with E-state index in [-0.39, 0.29) is 6.10 Å². The number of ether oxygens (including phenoxy) is 1. The summed E-state index contributed by atoms with van der Waals surface area (Å²) in [5.41, 5.74) is 5.40. The number of para-hydroxylation sites is 1. The molecule has 0 amide bonds. The molecule has 1 unspecified atom stereocenters. The fraction of sp³-hybridized carbons (Fsp3) is 0.316. The molecule has 0 fully saturated rings. The van der Waals surface area contributed by atoms with Gasteiger partial charge in [0.2, 0.25) is 0 Å². The lowest BCUT2D eigenvalue weighted by atomic mass is 9.96. The number of benzene rings is 2. The lowest BCUT2D eigenvalue weighted by Gasteiger charge is -2.32. The van der Waals surface area contributed by atoms with Crippen LogP contribution in [-0.4, -0.2) is 13.2 Å². The molecule has 0 N–H and O–H groups in total. The van der Waals surface area contributed by atoms with Crippen LogP contribution in [0.3, 0.4) is 0 Å². The summed E-state index contributed by atoms with van der Waals surface area (Å²) in [5, 5.41) is 9.44. The Hall–Kier alpha value is -2.31. The number of hydrogen-bond acceptors (Lipinski definition) is 3. The smallest absolute Gasteiger partial charge is 0.0995 e. The maximum absolute atomic E-state index is 9.44. The third-order valence-corrected chi connectivity index (χ3v) is 4.30. The second-order valence-corrected chi connectivity index (χ2v) is 5.71. The van der Waals surface area contributed by atoms with E-state index in [4.69, 9.17) is 4.74 Å². The van der Waals surface area contributed by atoms with Gasteiger partial charge in [-0.2, -0.15) is 5.26 Å². The van der Waals surface area contributed by atoms with Crippen LogP contribution in [0.4, 0.5) is 5.69 Å². The summed E-state index contributed by atoms with van der Waals surface area (Å²) in [6, 6.07) is 16.6. The number of fused-ring (bicyclic) bond motifs is 1. The van der Waals surface area contributed by atoms with Gasteiger partial charge in [0.15, 0.2) is 0 Å². The first kappa shape index (κ1) is 14.6. The molecule has 1 atom stereocenters. The van der Waals surface area contributed by atoms with Crippen molar-refractivity contribution >= 4 is 5.69 Å². The molecule has 1 aliphatic heterocycles. The number of aryl methyl sites for hydroxylation is 1. The van der Waals surface area contributed by atoms with E-state index in [2.05, 4.69) is 55.1 Å². The Balaban J connectivity index is 2.06. The fourth-order valence-corrected chi connectivity index (χ4v) is 3.09. The van der Waals surface area contributed by atoms with E-state index in [1.807, 2.05) is 12.1 Å². The van der Waals surface area contributed by atoms with Gasteiger partial charge in [0.1, 0.15) is 0 Å². The molecule has 0 aromatic heterocycles. The molecular weight excluding hydrogens is 272 g/mol. The van der Waals surface area contributed by atoms with Gasteiger partial charge in [0, 0.05) is 18.8 Å². The Kier molecular flexibility index (Phi) is 4.13. The number of nitrogens with zero attached hydrogens (tertiary/aromatic N) is 2. The van der Waals surface area contributed by atoms with E-state index in [0.29, 0.717) is 6.61 Å². The van der Waals surface area contributed by atoms with Crippen molar-refractivity contribution < 1.29 is 4.74 Å². The summed E-state index contributed by atoms with van der Waals surface area (Å²) in [4.78, 5) is 2.31. The SMILES string of the molecule is Cc1ccccc1N1CCOC(C)c2cccc(C#N)c2C1. The number of nitriles is 1. The topological polar surface area (TPSA) is 36.3 Å². The Morgan fingerprint density at radius 2 is 2.00 bits per heavy atom. The zero-order chi connectivity index (χ0) is 15.5. The van der Waals surface area contributed by atoms with E-state index in [0.717, 1.165) is 29.8 Å². The predicted octanol–water partition coefficient (Wildman–Crippen LogP) is 3.96. The van der Waals surface area contributed by atoms with E-state index in [9.17, 15) is 5.26 Å². The molecule has 0 spiro atoms. The van der Waals surface area contributed by atoms with Crippen LogP contribution in [-0.2, 0) is 11.3 Å². The molecule has 2 aromatic rings. The van der Waals surface area contributed by atoms with E-state index in [1.165, 1.54) is 11.3 Å². The number of hydrogen-bond donors (Lipinski definition) is 0. The van der Waals surface area contributed by atoms with E-state index in [1.54, 1.807) is 0 Å². The molecule has 3 rings (SSSR count). The van der Waals surface area contributed by atoms with Gasteiger partial charge in [0.05, 0.1) is 24.3 Å². The summed E-state index contributed by atoms with van der Waals surface area (Å²) in [7, 11) is 0. The van der Waals surface area contributed by atoms with E-state index < -0.39 is 0 Å². The zero-order valence-corrected chi connectivity index (χ0v) is 13.0. The molecule has 0 bridgehead atoms. The highest BCUT2D eigenvalue weighted by Gasteiger charge is 2.21. The third-order valence-electron chi connectivity index (χ3n) is 4.30. The molecule has 1 heterocycles. The van der Waals surface area contributed by atoms with Crippen molar-refractivity contribution in [1.82, 2.24) is 0 Å². The fourth-order valence-electron chi connectivity index (χ4n) is 3.09. The average molecular weight is 292 g/mol. The molecule has 0 saturated carbocycles. The molecule has 112 valence electrons. The van der Waals surface area contributed by atoms with Crippen molar-refractivity contribution in [2.24, 2.45) is 0 Å². The van der Waals surface area contributed by atoms with Crippen molar-refractivity contribution in [1.29, 1.82) is 5.26 Å². The van der Waals surface area contributed by atoms with Gasteiger partial charge in [-0.15, -0.1) is 0 Å². The van der Waals surface area contributed by atoms with Gasteiger partial charge in [-0.05, 0) is 42.7 Å². The van der Waals surface area contributed by atoms with Crippen LogP contribution in [0.2, 0.25) is 0 Å². The molecular formula is C19H20N2O. The zero-order valence-electron chi connectivity index (χ0n) is 13.0. The molecule has 3 nitrogen and oxygen atoms in total. The highest BCUT2D eigenvalue weighted by atomic mass is 16.5. The molecule has 2 aromatic carbocycles. The first-order valence-corrected chi connectivity index (χ1v) is 7.64. The van der Waals surface area contributed by atoms with Crippen LogP contribution in [0.5, 0.6) is 0 Å². The molecule has 0 radical (unpaired) electrons. The molecule has 22 heavy (non-hydrogen) atoms. The quantitative estimate of drug-likeness (QED) is 0.798. The van der Waals surface area contributed by atoms with Gasteiger partial charge in [0.25, 0.3) is 0 Å². The van der Waals surface area contributed by atoms with Crippen LogP contribution < -0.4 is 4.90 Å². The molecule has 1 aliphatic rings. The maximum atomic E-state index is 9.44. The average Bonchev–Trinajstić information content (AvgIpc) is 2.52. The molecule has 3 heteroatoms. The summed E-state index contributed by atoms with van der Waals surface area (Å²) < 4.78 is 5.95. The van der Waals surface area contributed by atoms with Crippen LogP contribution in [0, 0.1) is 18.3 Å². The third kappa shape index (κ3) is 2.70. The second-order valence-electron chi connectivity index (χ2n) is 5.71. The minimum Gasteiger partial charge on any atom is -0.372 e. The summed E-state index contributed by atoms with van der Waals surface area (Å²) in [6.07, 6.45) is 0.0299. The Bertz CT molecular complexity index is 718. The van der Waals surface area contributed by atoms with Crippen LogP contribution in [0.15, 0.2) is 42.5 Å². The van der Waals surface area contributed by atoms with Gasteiger partial charge >= 0.3 is 0 Å². The first-order chi connectivity index (χ1) is 10.7. The van der Waals surface area contributed by atoms with Crippen LogP contribution >= 0.6 is 0 Å². The monoisotopic (exact) mass is 292 g/mol. The second kappa shape index (κ2) is 6.21.